The van der Waals surface area contributed by atoms with E-state index in [1.54, 1.807) is 36.7 Å². The van der Waals surface area contributed by atoms with Gasteiger partial charge in [0.25, 0.3) is 0 Å². The number of aromatic nitrogens is 1. The standard InChI is InChI=1S/C16H16BrNO3/c1-3-20-14-8-12(13(17)9-15(14)21-4-2)16(19)11-6-5-7-18-10-11/h5-10H,3-4H2,1-2H3. The van der Waals surface area contributed by atoms with E-state index >= 15 is 0 Å². The van der Waals surface area contributed by atoms with Gasteiger partial charge in [0.2, 0.25) is 0 Å². The molecular formula is C16H16BrNO3. The lowest BCUT2D eigenvalue weighted by Crippen LogP contribution is -2.05. The molecule has 21 heavy (non-hydrogen) atoms. The molecule has 0 fully saturated rings. The number of benzene rings is 1. The molecule has 0 aliphatic rings. The van der Waals surface area contributed by atoms with Gasteiger partial charge in [-0.05, 0) is 54.0 Å². The van der Waals surface area contributed by atoms with Crippen molar-refractivity contribution in [3.63, 3.8) is 0 Å². The van der Waals surface area contributed by atoms with Crippen LogP contribution in [0.2, 0.25) is 0 Å². The summed E-state index contributed by atoms with van der Waals surface area (Å²) in [5.74, 6) is 1.07. The number of hydrogen-bond acceptors (Lipinski definition) is 4. The molecule has 110 valence electrons. The molecule has 0 N–H and O–H groups in total. The first-order chi connectivity index (χ1) is 10.2. The Hall–Kier alpha value is -1.88. The van der Waals surface area contributed by atoms with Gasteiger partial charge in [-0.25, -0.2) is 0 Å². The number of carbonyl (C=O) groups is 1. The summed E-state index contributed by atoms with van der Waals surface area (Å²) in [5.41, 5.74) is 1.06. The van der Waals surface area contributed by atoms with Crippen LogP contribution in [0.1, 0.15) is 29.8 Å². The van der Waals surface area contributed by atoms with Crippen molar-refractivity contribution in [2.45, 2.75) is 13.8 Å². The van der Waals surface area contributed by atoms with Gasteiger partial charge in [-0.3, -0.25) is 9.78 Å². The van der Waals surface area contributed by atoms with E-state index in [2.05, 4.69) is 20.9 Å². The monoisotopic (exact) mass is 349 g/mol. The van der Waals surface area contributed by atoms with Crippen LogP contribution in [0.4, 0.5) is 0 Å². The average molecular weight is 350 g/mol. The molecule has 0 radical (unpaired) electrons. The molecule has 0 aliphatic heterocycles. The van der Waals surface area contributed by atoms with Crippen LogP contribution in [0.3, 0.4) is 0 Å². The largest absolute Gasteiger partial charge is 0.490 e. The molecule has 4 nitrogen and oxygen atoms in total. The smallest absolute Gasteiger partial charge is 0.195 e. The van der Waals surface area contributed by atoms with Gasteiger partial charge in [0, 0.05) is 28.0 Å². The van der Waals surface area contributed by atoms with Crippen LogP contribution in [0, 0.1) is 0 Å². The van der Waals surface area contributed by atoms with E-state index in [1.807, 2.05) is 13.8 Å². The van der Waals surface area contributed by atoms with Crippen molar-refractivity contribution in [1.82, 2.24) is 4.98 Å². The number of rotatable bonds is 6. The van der Waals surface area contributed by atoms with Gasteiger partial charge >= 0.3 is 0 Å². The quantitative estimate of drug-likeness (QED) is 0.742. The Balaban J connectivity index is 2.44. The van der Waals surface area contributed by atoms with Crippen molar-refractivity contribution < 1.29 is 14.3 Å². The normalized spacial score (nSPS) is 10.2. The van der Waals surface area contributed by atoms with Crippen molar-refractivity contribution in [1.29, 1.82) is 0 Å². The molecular weight excluding hydrogens is 334 g/mol. The van der Waals surface area contributed by atoms with Crippen molar-refractivity contribution in [3.8, 4) is 11.5 Å². The van der Waals surface area contributed by atoms with Crippen LogP contribution < -0.4 is 9.47 Å². The van der Waals surface area contributed by atoms with Crippen LogP contribution in [-0.4, -0.2) is 24.0 Å². The molecule has 0 unspecified atom stereocenters. The van der Waals surface area contributed by atoms with Crippen molar-refractivity contribution in [2.24, 2.45) is 0 Å². The molecule has 2 rings (SSSR count). The second-order valence-electron chi connectivity index (χ2n) is 4.22. The maximum absolute atomic E-state index is 12.5. The van der Waals surface area contributed by atoms with E-state index in [9.17, 15) is 4.79 Å². The Labute approximate surface area is 132 Å². The van der Waals surface area contributed by atoms with Crippen LogP contribution >= 0.6 is 15.9 Å². The molecule has 2 aromatic rings. The topological polar surface area (TPSA) is 48.4 Å². The number of halogens is 1. The summed E-state index contributed by atoms with van der Waals surface area (Å²) in [5, 5.41) is 0. The third-order valence-electron chi connectivity index (χ3n) is 2.80. The predicted molar refractivity (Wildman–Crippen MR) is 84.1 cm³/mol. The van der Waals surface area contributed by atoms with Crippen LogP contribution in [0.25, 0.3) is 0 Å². The fraction of sp³-hybridized carbons (Fsp3) is 0.250. The lowest BCUT2D eigenvalue weighted by Gasteiger charge is -2.13. The average Bonchev–Trinajstić information content (AvgIpc) is 2.50. The van der Waals surface area contributed by atoms with Crippen molar-refractivity contribution >= 4 is 21.7 Å². The summed E-state index contributed by atoms with van der Waals surface area (Å²) in [7, 11) is 0. The maximum Gasteiger partial charge on any atom is 0.195 e. The Morgan fingerprint density at radius 3 is 2.43 bits per heavy atom. The second kappa shape index (κ2) is 7.22. The van der Waals surface area contributed by atoms with Gasteiger partial charge in [0.15, 0.2) is 17.3 Å². The number of carbonyl (C=O) groups excluding carboxylic acids is 1. The highest BCUT2D eigenvalue weighted by Gasteiger charge is 2.17. The number of hydrogen-bond donors (Lipinski definition) is 0. The van der Waals surface area contributed by atoms with E-state index in [0.717, 1.165) is 0 Å². The summed E-state index contributed by atoms with van der Waals surface area (Å²) in [6, 6.07) is 6.93. The molecule has 0 amide bonds. The first kappa shape index (κ1) is 15.5. The first-order valence-electron chi connectivity index (χ1n) is 6.71. The van der Waals surface area contributed by atoms with Crippen LogP contribution in [0.5, 0.6) is 11.5 Å². The summed E-state index contributed by atoms with van der Waals surface area (Å²) >= 11 is 3.42. The molecule has 0 atom stereocenters. The third-order valence-corrected chi connectivity index (χ3v) is 3.46. The summed E-state index contributed by atoms with van der Waals surface area (Å²) in [4.78, 5) is 16.5. The van der Waals surface area contributed by atoms with Crippen molar-refractivity contribution in [3.05, 3.63) is 52.3 Å². The SMILES string of the molecule is CCOc1cc(Br)c(C(=O)c2cccnc2)cc1OCC. The molecule has 5 heteroatoms. The highest BCUT2D eigenvalue weighted by Crippen LogP contribution is 2.34. The Kier molecular flexibility index (Phi) is 5.33. The Morgan fingerprint density at radius 1 is 1.19 bits per heavy atom. The second-order valence-corrected chi connectivity index (χ2v) is 5.07. The van der Waals surface area contributed by atoms with Gasteiger partial charge in [0.1, 0.15) is 0 Å². The highest BCUT2D eigenvalue weighted by molar-refractivity contribution is 9.10. The molecule has 0 saturated heterocycles. The summed E-state index contributed by atoms with van der Waals surface area (Å²) < 4.78 is 11.8. The molecule has 1 aromatic carbocycles. The van der Waals surface area contributed by atoms with Gasteiger partial charge in [-0.1, -0.05) is 0 Å². The van der Waals surface area contributed by atoms with Crippen LogP contribution in [0.15, 0.2) is 41.1 Å². The zero-order chi connectivity index (χ0) is 15.2. The zero-order valence-electron chi connectivity index (χ0n) is 11.9. The fourth-order valence-electron chi connectivity index (χ4n) is 1.90. The Morgan fingerprint density at radius 2 is 1.86 bits per heavy atom. The molecule has 1 aromatic heterocycles. The summed E-state index contributed by atoms with van der Waals surface area (Å²) in [6.45, 7) is 4.82. The van der Waals surface area contributed by atoms with E-state index < -0.39 is 0 Å². The lowest BCUT2D eigenvalue weighted by atomic mass is 10.0. The number of nitrogens with zero attached hydrogens (tertiary/aromatic N) is 1. The zero-order valence-corrected chi connectivity index (χ0v) is 13.5. The fourth-order valence-corrected chi connectivity index (χ4v) is 2.40. The molecule has 0 spiro atoms. The molecule has 0 saturated carbocycles. The van der Waals surface area contributed by atoms with E-state index in [-0.39, 0.29) is 5.78 Å². The van der Waals surface area contributed by atoms with Crippen LogP contribution in [-0.2, 0) is 0 Å². The first-order valence-corrected chi connectivity index (χ1v) is 7.50. The van der Waals surface area contributed by atoms with Crippen molar-refractivity contribution in [2.75, 3.05) is 13.2 Å². The Bertz CT molecular complexity index is 629. The molecule has 0 aliphatic carbocycles. The number of ether oxygens (including phenoxy) is 2. The van der Waals surface area contributed by atoms with E-state index in [1.165, 1.54) is 0 Å². The minimum Gasteiger partial charge on any atom is -0.490 e. The molecule has 0 bridgehead atoms. The van der Waals surface area contributed by atoms with Gasteiger partial charge in [-0.15, -0.1) is 0 Å². The minimum atomic E-state index is -0.112. The van der Waals surface area contributed by atoms with E-state index in [4.69, 9.17) is 9.47 Å². The van der Waals surface area contributed by atoms with Gasteiger partial charge in [0.05, 0.1) is 13.2 Å². The summed E-state index contributed by atoms with van der Waals surface area (Å²) in [6.07, 6.45) is 3.18. The third kappa shape index (κ3) is 3.61. The lowest BCUT2D eigenvalue weighted by molar-refractivity contribution is 0.103. The van der Waals surface area contributed by atoms with E-state index in [0.29, 0.717) is 40.3 Å². The highest BCUT2D eigenvalue weighted by atomic mass is 79.9. The predicted octanol–water partition coefficient (Wildman–Crippen LogP) is 3.87. The number of ketones is 1. The minimum absolute atomic E-state index is 0.112. The van der Waals surface area contributed by atoms with Gasteiger partial charge in [-0.2, -0.15) is 0 Å². The maximum atomic E-state index is 12.5. The van der Waals surface area contributed by atoms with Gasteiger partial charge < -0.3 is 9.47 Å². The molecule has 1 heterocycles. The number of pyridine rings is 1.